The minimum atomic E-state index is -4.13. The predicted molar refractivity (Wildman–Crippen MR) is 59.8 cm³/mol. The van der Waals surface area contributed by atoms with Gasteiger partial charge in [-0.1, -0.05) is 0 Å². The van der Waals surface area contributed by atoms with Crippen LogP contribution in [-0.4, -0.2) is 55.0 Å². The van der Waals surface area contributed by atoms with Gasteiger partial charge in [-0.2, -0.15) is 13.2 Å². The second kappa shape index (κ2) is 7.18. The lowest BCUT2D eigenvalue weighted by atomic mass is 10.0. The Morgan fingerprint density at radius 1 is 1.18 bits per heavy atom. The first-order valence-corrected chi connectivity index (χ1v) is 6.15. The molecule has 0 atom stereocenters. The van der Waals surface area contributed by atoms with Crippen LogP contribution >= 0.6 is 0 Å². The molecule has 0 bridgehead atoms. The largest absolute Gasteiger partial charge is 0.401 e. The van der Waals surface area contributed by atoms with Crippen LogP contribution in [-0.2, 0) is 0 Å². The average Bonchev–Trinajstić information content (AvgIpc) is 2.28. The van der Waals surface area contributed by atoms with Crippen molar-refractivity contribution in [3.05, 3.63) is 0 Å². The number of piperidine rings is 1. The van der Waals surface area contributed by atoms with E-state index >= 15 is 0 Å². The number of halogens is 3. The molecule has 102 valence electrons. The zero-order valence-corrected chi connectivity index (χ0v) is 9.97. The molecule has 2 N–H and O–H groups in total. The van der Waals surface area contributed by atoms with Gasteiger partial charge in [-0.05, 0) is 45.3 Å². The first-order chi connectivity index (χ1) is 8.03. The monoisotopic (exact) mass is 254 g/mol. The van der Waals surface area contributed by atoms with Crippen molar-refractivity contribution in [3.8, 4) is 0 Å². The maximum absolute atomic E-state index is 12.5. The molecule has 17 heavy (non-hydrogen) atoms. The van der Waals surface area contributed by atoms with Crippen molar-refractivity contribution in [2.45, 2.75) is 37.9 Å². The summed E-state index contributed by atoms with van der Waals surface area (Å²) in [5, 5.41) is 11.8. The molecule has 1 heterocycles. The molecule has 3 nitrogen and oxygen atoms in total. The van der Waals surface area contributed by atoms with E-state index in [-0.39, 0.29) is 12.6 Å². The van der Waals surface area contributed by atoms with Gasteiger partial charge in [0.2, 0.25) is 0 Å². The Kier molecular flexibility index (Phi) is 6.22. The van der Waals surface area contributed by atoms with E-state index in [4.69, 9.17) is 5.11 Å². The van der Waals surface area contributed by atoms with Crippen LogP contribution in [0.5, 0.6) is 0 Å². The van der Waals surface area contributed by atoms with E-state index in [9.17, 15) is 13.2 Å². The van der Waals surface area contributed by atoms with Crippen molar-refractivity contribution in [1.82, 2.24) is 10.2 Å². The maximum Gasteiger partial charge on any atom is 0.401 e. The number of nitrogens with one attached hydrogen (secondary N) is 1. The summed E-state index contributed by atoms with van der Waals surface area (Å²) in [6.07, 6.45) is -1.40. The van der Waals surface area contributed by atoms with E-state index in [1.165, 1.54) is 4.90 Å². The van der Waals surface area contributed by atoms with Crippen LogP contribution in [0.3, 0.4) is 0 Å². The topological polar surface area (TPSA) is 35.5 Å². The summed E-state index contributed by atoms with van der Waals surface area (Å²) in [6, 6.07) is 0.0246. The van der Waals surface area contributed by atoms with Gasteiger partial charge in [0.15, 0.2) is 0 Å². The number of alkyl halides is 3. The van der Waals surface area contributed by atoms with Crippen LogP contribution in [0.25, 0.3) is 0 Å². The Morgan fingerprint density at radius 2 is 1.82 bits per heavy atom. The number of hydrogen-bond donors (Lipinski definition) is 2. The third-order valence-corrected chi connectivity index (χ3v) is 3.06. The Morgan fingerprint density at radius 3 is 2.35 bits per heavy atom. The molecule has 0 aromatic carbocycles. The molecule has 0 spiro atoms. The maximum atomic E-state index is 12.5. The van der Waals surface area contributed by atoms with Gasteiger partial charge in [0.1, 0.15) is 0 Å². The quantitative estimate of drug-likeness (QED) is 0.703. The van der Waals surface area contributed by atoms with Gasteiger partial charge in [0.05, 0.1) is 6.54 Å². The molecule has 0 unspecified atom stereocenters. The number of aliphatic hydroxyl groups is 1. The van der Waals surface area contributed by atoms with E-state index in [0.717, 1.165) is 25.9 Å². The van der Waals surface area contributed by atoms with E-state index in [1.807, 2.05) is 0 Å². The number of hydrogen-bond acceptors (Lipinski definition) is 3. The lowest BCUT2D eigenvalue weighted by Crippen LogP contribution is -2.47. The van der Waals surface area contributed by atoms with E-state index < -0.39 is 12.7 Å². The normalized spacial score (nSPS) is 18.9. The Balaban J connectivity index is 2.44. The highest BCUT2D eigenvalue weighted by atomic mass is 19.4. The van der Waals surface area contributed by atoms with Crippen molar-refractivity contribution >= 4 is 0 Å². The summed E-state index contributed by atoms with van der Waals surface area (Å²) >= 11 is 0. The second-order valence-electron chi connectivity index (χ2n) is 4.50. The van der Waals surface area contributed by atoms with E-state index in [1.54, 1.807) is 0 Å². The Labute approximate surface area is 100.0 Å². The first-order valence-electron chi connectivity index (χ1n) is 6.15. The number of unbranched alkanes of at least 4 members (excludes halogenated alkanes) is 1. The molecule has 0 radical (unpaired) electrons. The van der Waals surface area contributed by atoms with Gasteiger partial charge in [-0.3, -0.25) is 4.90 Å². The van der Waals surface area contributed by atoms with Crippen molar-refractivity contribution < 1.29 is 18.3 Å². The second-order valence-corrected chi connectivity index (χ2v) is 4.50. The van der Waals surface area contributed by atoms with Crippen molar-refractivity contribution in [1.29, 1.82) is 0 Å². The summed E-state index contributed by atoms with van der Waals surface area (Å²) < 4.78 is 37.4. The third-order valence-electron chi connectivity index (χ3n) is 3.06. The standard InChI is InChI=1S/C11H21F3N2O/c12-11(13,14)9-16(7-1-2-8-17)10-3-5-15-6-4-10/h10,15,17H,1-9H2. The molecular formula is C11H21F3N2O. The lowest BCUT2D eigenvalue weighted by Gasteiger charge is -2.35. The Bertz CT molecular complexity index is 205. The molecule has 1 fully saturated rings. The van der Waals surface area contributed by atoms with Gasteiger partial charge >= 0.3 is 6.18 Å². The van der Waals surface area contributed by atoms with E-state index in [2.05, 4.69) is 5.32 Å². The zero-order valence-electron chi connectivity index (χ0n) is 9.97. The fourth-order valence-electron chi connectivity index (χ4n) is 2.22. The minimum absolute atomic E-state index is 0.0246. The van der Waals surface area contributed by atoms with Crippen LogP contribution in [0.1, 0.15) is 25.7 Å². The van der Waals surface area contributed by atoms with Crippen molar-refractivity contribution in [3.63, 3.8) is 0 Å². The molecule has 0 aliphatic carbocycles. The summed E-state index contributed by atoms with van der Waals surface area (Å²) in [5.41, 5.74) is 0. The molecule has 1 rings (SSSR count). The van der Waals surface area contributed by atoms with Gasteiger partial charge < -0.3 is 10.4 Å². The van der Waals surface area contributed by atoms with E-state index in [0.29, 0.717) is 19.4 Å². The molecule has 0 saturated carbocycles. The molecule has 1 aliphatic rings. The summed E-state index contributed by atoms with van der Waals surface area (Å²) in [4.78, 5) is 1.52. The number of rotatable bonds is 6. The summed E-state index contributed by atoms with van der Waals surface area (Å²) in [6.45, 7) is 1.22. The molecular weight excluding hydrogens is 233 g/mol. The van der Waals surface area contributed by atoms with Gasteiger partial charge in [0, 0.05) is 12.6 Å². The molecule has 0 aromatic rings. The Hall–Kier alpha value is -0.330. The third kappa shape index (κ3) is 6.24. The highest BCUT2D eigenvalue weighted by Gasteiger charge is 2.33. The lowest BCUT2D eigenvalue weighted by molar-refractivity contribution is -0.152. The van der Waals surface area contributed by atoms with Crippen molar-refractivity contribution in [2.24, 2.45) is 0 Å². The predicted octanol–water partition coefficient (Wildman–Crippen LogP) is 1.38. The number of nitrogens with zero attached hydrogens (tertiary/aromatic N) is 1. The van der Waals surface area contributed by atoms with Crippen LogP contribution in [0.4, 0.5) is 13.2 Å². The first kappa shape index (κ1) is 14.7. The summed E-state index contributed by atoms with van der Waals surface area (Å²) in [7, 11) is 0. The van der Waals surface area contributed by atoms with Gasteiger partial charge in [-0.15, -0.1) is 0 Å². The smallest absolute Gasteiger partial charge is 0.396 e. The molecule has 0 aromatic heterocycles. The highest BCUT2D eigenvalue weighted by molar-refractivity contribution is 4.79. The van der Waals surface area contributed by atoms with Crippen LogP contribution in [0.15, 0.2) is 0 Å². The number of aliphatic hydroxyl groups excluding tert-OH is 1. The highest BCUT2D eigenvalue weighted by Crippen LogP contribution is 2.21. The molecule has 0 amide bonds. The summed E-state index contributed by atoms with van der Waals surface area (Å²) in [5.74, 6) is 0. The fourth-order valence-corrected chi connectivity index (χ4v) is 2.22. The minimum Gasteiger partial charge on any atom is -0.396 e. The fraction of sp³-hybridized carbons (Fsp3) is 1.00. The van der Waals surface area contributed by atoms with Crippen molar-refractivity contribution in [2.75, 3.05) is 32.8 Å². The average molecular weight is 254 g/mol. The van der Waals surface area contributed by atoms with Crippen LogP contribution < -0.4 is 5.32 Å². The molecule has 1 aliphatic heterocycles. The van der Waals surface area contributed by atoms with Gasteiger partial charge in [0.25, 0.3) is 0 Å². The molecule has 1 saturated heterocycles. The molecule has 6 heteroatoms. The zero-order chi connectivity index (χ0) is 12.7. The van der Waals surface area contributed by atoms with Crippen LogP contribution in [0, 0.1) is 0 Å². The van der Waals surface area contributed by atoms with Crippen LogP contribution in [0.2, 0.25) is 0 Å². The van der Waals surface area contributed by atoms with Gasteiger partial charge in [-0.25, -0.2) is 0 Å². The SMILES string of the molecule is OCCCCN(CC(F)(F)F)C1CCNCC1.